The van der Waals surface area contributed by atoms with Crippen LogP contribution < -0.4 is 0 Å². The number of carbonyl (C=O) groups excluding carboxylic acids is 1. The van der Waals surface area contributed by atoms with E-state index in [9.17, 15) is 4.79 Å². The summed E-state index contributed by atoms with van der Waals surface area (Å²) in [6.45, 7) is 0. The minimum Gasteiger partial charge on any atom is -0.445 e. The quantitative estimate of drug-likeness (QED) is 0.514. The highest BCUT2D eigenvalue weighted by atomic mass is 79.9. The number of rotatable bonds is 4. The molecule has 2 aromatic heterocycles. The first-order chi connectivity index (χ1) is 8.56. The fraction of sp³-hybridized carbons (Fsp3) is 0.182. The molecule has 0 unspecified atom stereocenters. The first-order valence-corrected chi connectivity index (χ1v) is 7.45. The van der Waals surface area contributed by atoms with Crippen molar-refractivity contribution in [2.75, 3.05) is 0 Å². The molecular weight excluding hydrogens is 411 g/mol. The summed E-state index contributed by atoms with van der Waals surface area (Å²) in [4.78, 5) is 12.3. The molecule has 2 aromatic rings. The average Bonchev–Trinajstić information content (AvgIpc) is 2.91. The zero-order valence-electron chi connectivity index (χ0n) is 8.81. The van der Waals surface area contributed by atoms with Crippen LogP contribution in [0.15, 0.2) is 30.3 Å². The van der Waals surface area contributed by atoms with Crippen molar-refractivity contribution in [3.63, 3.8) is 0 Å². The van der Waals surface area contributed by atoms with Crippen LogP contribution in [0.2, 0.25) is 0 Å². The molecule has 0 amide bonds. The van der Waals surface area contributed by atoms with E-state index in [1.165, 1.54) is 0 Å². The van der Waals surface area contributed by atoms with Gasteiger partial charge in [0.05, 0.1) is 11.8 Å². The Labute approximate surface area is 130 Å². The molecule has 0 N–H and O–H groups in total. The van der Waals surface area contributed by atoms with E-state index in [0.717, 1.165) is 0 Å². The highest BCUT2D eigenvalue weighted by molar-refractivity contribution is 9.10. The van der Waals surface area contributed by atoms with E-state index in [4.69, 9.17) is 32.0 Å². The van der Waals surface area contributed by atoms with Crippen LogP contribution in [0.5, 0.6) is 0 Å². The Morgan fingerprint density at radius 1 is 1.00 bits per heavy atom. The normalized spacial score (nSPS) is 10.9. The van der Waals surface area contributed by atoms with Gasteiger partial charge in [-0.1, -0.05) is 0 Å². The predicted octanol–water partition coefficient (Wildman–Crippen LogP) is 5.11. The Kier molecular flexibility index (Phi) is 4.59. The van der Waals surface area contributed by atoms with Crippen molar-refractivity contribution >= 4 is 60.8 Å². The zero-order chi connectivity index (χ0) is 13.3. The monoisotopic (exact) mass is 414 g/mol. The van der Waals surface area contributed by atoms with Gasteiger partial charge >= 0.3 is 0 Å². The van der Waals surface area contributed by atoms with Crippen LogP contribution in [0.25, 0.3) is 0 Å². The molecule has 0 saturated heterocycles. The molecule has 0 aliphatic heterocycles. The molecule has 0 atom stereocenters. The lowest BCUT2D eigenvalue weighted by atomic mass is 10.1. The summed E-state index contributed by atoms with van der Waals surface area (Å²) in [7, 11) is 0. The minimum atomic E-state index is -0.377. The van der Waals surface area contributed by atoms with Crippen LogP contribution in [0, 0.1) is 0 Å². The summed E-state index contributed by atoms with van der Waals surface area (Å²) in [6.07, 6.45) is 0. The molecule has 0 spiro atoms. The van der Waals surface area contributed by atoms with E-state index in [0.29, 0.717) is 20.5 Å². The van der Waals surface area contributed by atoms with Gasteiger partial charge in [0.25, 0.3) is 5.78 Å². The largest absolute Gasteiger partial charge is 0.445 e. The van der Waals surface area contributed by atoms with Crippen LogP contribution in [-0.4, -0.2) is 5.78 Å². The van der Waals surface area contributed by atoms with E-state index < -0.39 is 0 Å². The average molecular weight is 417 g/mol. The standard InChI is InChI=1S/C11H6Br2Cl2O3/c12-7-1-5(3-14)10(17-7)9(16)11-6(4-15)2-8(13)18-11/h1-2H,3-4H2. The molecule has 2 heterocycles. The lowest BCUT2D eigenvalue weighted by Crippen LogP contribution is -2.03. The van der Waals surface area contributed by atoms with Crippen molar-refractivity contribution in [3.8, 4) is 0 Å². The van der Waals surface area contributed by atoms with E-state index >= 15 is 0 Å². The highest BCUT2D eigenvalue weighted by Gasteiger charge is 2.25. The molecule has 0 fully saturated rings. The van der Waals surface area contributed by atoms with Crippen molar-refractivity contribution in [2.24, 2.45) is 0 Å². The maximum absolute atomic E-state index is 12.3. The second-order valence-corrected chi connectivity index (χ2v) is 5.50. The number of halogens is 4. The molecule has 2 rings (SSSR count). The fourth-order valence-corrected chi connectivity index (χ4v) is 2.75. The number of hydrogen-bond donors (Lipinski definition) is 0. The van der Waals surface area contributed by atoms with Gasteiger partial charge in [0, 0.05) is 11.1 Å². The van der Waals surface area contributed by atoms with Gasteiger partial charge in [-0.3, -0.25) is 4.79 Å². The van der Waals surface area contributed by atoms with E-state index in [2.05, 4.69) is 31.9 Å². The summed E-state index contributed by atoms with van der Waals surface area (Å²) in [5, 5.41) is 0. The third kappa shape index (κ3) is 2.69. The summed E-state index contributed by atoms with van der Waals surface area (Å²) in [5.41, 5.74) is 1.20. The van der Waals surface area contributed by atoms with Crippen LogP contribution >= 0.6 is 55.1 Å². The molecule has 0 saturated carbocycles. The molecule has 96 valence electrons. The SMILES string of the molecule is O=C(c1oc(Br)cc1CCl)c1oc(Br)cc1CCl. The summed E-state index contributed by atoms with van der Waals surface area (Å²) >= 11 is 17.8. The molecular formula is C11H6Br2Cl2O3. The Morgan fingerprint density at radius 3 is 1.72 bits per heavy atom. The van der Waals surface area contributed by atoms with Gasteiger partial charge in [-0.2, -0.15) is 0 Å². The van der Waals surface area contributed by atoms with Crippen molar-refractivity contribution in [1.82, 2.24) is 0 Å². The topological polar surface area (TPSA) is 43.4 Å². The molecule has 18 heavy (non-hydrogen) atoms. The molecule has 3 nitrogen and oxygen atoms in total. The minimum absolute atomic E-state index is 0.157. The van der Waals surface area contributed by atoms with E-state index in [1.54, 1.807) is 12.1 Å². The number of ketones is 1. The summed E-state index contributed by atoms with van der Waals surface area (Å²) < 4.78 is 11.5. The lowest BCUT2D eigenvalue weighted by molar-refractivity contribution is 0.0979. The van der Waals surface area contributed by atoms with Crippen molar-refractivity contribution in [1.29, 1.82) is 0 Å². The first-order valence-electron chi connectivity index (χ1n) is 4.79. The smallest absolute Gasteiger partial charge is 0.264 e. The Balaban J connectivity index is 2.47. The van der Waals surface area contributed by atoms with Gasteiger partial charge in [-0.05, 0) is 44.0 Å². The Hall–Kier alpha value is -0.230. The van der Waals surface area contributed by atoms with Crippen LogP contribution in [0.3, 0.4) is 0 Å². The van der Waals surface area contributed by atoms with Gasteiger partial charge in [0.15, 0.2) is 20.9 Å². The maximum atomic E-state index is 12.3. The molecule has 0 aliphatic rings. The van der Waals surface area contributed by atoms with E-state index in [1.807, 2.05) is 0 Å². The fourth-order valence-electron chi connectivity index (χ4n) is 1.48. The van der Waals surface area contributed by atoms with E-state index in [-0.39, 0.29) is 29.1 Å². The summed E-state index contributed by atoms with van der Waals surface area (Å²) in [6, 6.07) is 3.30. The van der Waals surface area contributed by atoms with Gasteiger partial charge in [-0.25, -0.2) is 0 Å². The van der Waals surface area contributed by atoms with Crippen LogP contribution in [0.4, 0.5) is 0 Å². The summed E-state index contributed by atoms with van der Waals surface area (Å²) in [5.74, 6) is 0.288. The molecule has 0 bridgehead atoms. The van der Waals surface area contributed by atoms with Gasteiger partial charge in [0.1, 0.15) is 0 Å². The third-order valence-corrected chi connectivity index (χ3v) is 3.62. The maximum Gasteiger partial charge on any atom is 0.264 e. The molecule has 7 heteroatoms. The predicted molar refractivity (Wildman–Crippen MR) is 75.4 cm³/mol. The van der Waals surface area contributed by atoms with Crippen molar-refractivity contribution < 1.29 is 13.6 Å². The van der Waals surface area contributed by atoms with Crippen LogP contribution in [0.1, 0.15) is 27.4 Å². The molecule has 0 aromatic carbocycles. The van der Waals surface area contributed by atoms with Crippen LogP contribution in [-0.2, 0) is 11.8 Å². The molecule has 0 radical (unpaired) electrons. The van der Waals surface area contributed by atoms with Crippen molar-refractivity contribution in [3.05, 3.63) is 44.1 Å². The number of furan rings is 2. The second kappa shape index (κ2) is 5.82. The second-order valence-electron chi connectivity index (χ2n) is 3.41. The molecule has 0 aliphatic carbocycles. The first kappa shape index (κ1) is 14.2. The number of hydrogen-bond acceptors (Lipinski definition) is 3. The Bertz CT molecular complexity index is 539. The zero-order valence-corrected chi connectivity index (χ0v) is 13.5. The van der Waals surface area contributed by atoms with Gasteiger partial charge in [-0.15, -0.1) is 23.2 Å². The third-order valence-electron chi connectivity index (χ3n) is 2.26. The van der Waals surface area contributed by atoms with Gasteiger partial charge < -0.3 is 8.83 Å². The lowest BCUT2D eigenvalue weighted by Gasteiger charge is -1.98. The highest BCUT2D eigenvalue weighted by Crippen LogP contribution is 2.28. The number of alkyl halides is 2. The number of carbonyl (C=O) groups is 1. The van der Waals surface area contributed by atoms with Crippen molar-refractivity contribution in [2.45, 2.75) is 11.8 Å². The van der Waals surface area contributed by atoms with Gasteiger partial charge in [0.2, 0.25) is 0 Å². The Morgan fingerprint density at radius 2 is 1.39 bits per heavy atom.